The first kappa shape index (κ1) is 28.0. The van der Waals surface area contributed by atoms with Crippen LogP contribution in [0.4, 0.5) is 4.79 Å². The lowest BCUT2D eigenvalue weighted by Gasteiger charge is -2.32. The van der Waals surface area contributed by atoms with Crippen molar-refractivity contribution >= 4 is 41.9 Å². The summed E-state index contributed by atoms with van der Waals surface area (Å²) in [5.74, 6) is 0.585. The summed E-state index contributed by atoms with van der Waals surface area (Å²) in [5.41, 5.74) is 3.79. The minimum Gasteiger partial charge on any atom is -0.450 e. The molecule has 0 spiro atoms. The number of halogens is 1. The zero-order valence-corrected chi connectivity index (χ0v) is 22.3. The molecule has 1 aliphatic rings. The number of benzene rings is 1. The number of likely N-dealkylation sites (tertiary alicyclic amines) is 1. The molecule has 1 aromatic rings. The molecule has 1 heterocycles. The minimum atomic E-state index is -0.252. The Kier molecular flexibility index (Phi) is 12.4. The molecule has 0 saturated carbocycles. The Morgan fingerprint density at radius 1 is 1.16 bits per heavy atom. The van der Waals surface area contributed by atoms with E-state index in [0.29, 0.717) is 32.2 Å². The summed E-state index contributed by atoms with van der Waals surface area (Å²) < 4.78 is 5.09. The number of piperidine rings is 1. The fourth-order valence-electron chi connectivity index (χ4n) is 3.59. The molecule has 1 fully saturated rings. The number of rotatable bonds is 7. The first-order chi connectivity index (χ1) is 14.8. The van der Waals surface area contributed by atoms with Crippen LogP contribution >= 0.6 is 24.0 Å². The van der Waals surface area contributed by atoms with Crippen molar-refractivity contribution in [3.05, 3.63) is 34.9 Å². The van der Waals surface area contributed by atoms with Crippen molar-refractivity contribution in [3.63, 3.8) is 0 Å². The van der Waals surface area contributed by atoms with Gasteiger partial charge in [-0.2, -0.15) is 0 Å². The summed E-state index contributed by atoms with van der Waals surface area (Å²) in [5, 5.41) is 6.81. The van der Waals surface area contributed by atoms with Crippen molar-refractivity contribution in [3.8, 4) is 0 Å². The monoisotopic (exact) mass is 559 g/mol. The highest BCUT2D eigenvalue weighted by molar-refractivity contribution is 14.0. The van der Waals surface area contributed by atoms with Gasteiger partial charge in [-0.3, -0.25) is 4.79 Å². The predicted molar refractivity (Wildman–Crippen MR) is 139 cm³/mol. The van der Waals surface area contributed by atoms with Gasteiger partial charge in [-0.25, -0.2) is 9.79 Å². The molecule has 2 N–H and O–H groups in total. The van der Waals surface area contributed by atoms with Crippen LogP contribution in [-0.2, 0) is 16.0 Å². The molecule has 0 radical (unpaired) electrons. The average Bonchev–Trinajstić information content (AvgIpc) is 2.71. The molecule has 180 valence electrons. The van der Waals surface area contributed by atoms with E-state index < -0.39 is 0 Å². The molecule has 8 nitrogen and oxygen atoms in total. The molecule has 1 aliphatic heterocycles. The molecule has 9 heteroatoms. The van der Waals surface area contributed by atoms with Crippen molar-refractivity contribution in [1.82, 2.24) is 20.4 Å². The van der Waals surface area contributed by atoms with Crippen LogP contribution in [0.25, 0.3) is 0 Å². The molecular weight excluding hydrogens is 521 g/mol. The van der Waals surface area contributed by atoms with Crippen molar-refractivity contribution in [2.75, 3.05) is 46.9 Å². The quantitative estimate of drug-likeness (QED) is 0.305. The van der Waals surface area contributed by atoms with E-state index in [0.717, 1.165) is 19.3 Å². The SMILES string of the molecule is CCOC(=O)N1CCC(NC(=NCC(=O)N(C)C)NCCc2cc(C)cc(C)c2)CC1.I. The Morgan fingerprint density at radius 3 is 2.34 bits per heavy atom. The number of ether oxygens (including phenoxy) is 1. The topological polar surface area (TPSA) is 86.3 Å². The highest BCUT2D eigenvalue weighted by Crippen LogP contribution is 2.12. The van der Waals surface area contributed by atoms with E-state index in [1.54, 1.807) is 19.0 Å². The molecule has 2 rings (SSSR count). The van der Waals surface area contributed by atoms with Gasteiger partial charge in [0, 0.05) is 39.8 Å². The van der Waals surface area contributed by atoms with E-state index >= 15 is 0 Å². The fourth-order valence-corrected chi connectivity index (χ4v) is 3.59. The van der Waals surface area contributed by atoms with Gasteiger partial charge in [-0.05, 0) is 45.6 Å². The minimum absolute atomic E-state index is 0. The third-order valence-electron chi connectivity index (χ3n) is 5.22. The Hall–Kier alpha value is -2.04. The number of carbonyl (C=O) groups is 2. The molecule has 0 aromatic heterocycles. The maximum absolute atomic E-state index is 12.0. The highest BCUT2D eigenvalue weighted by Gasteiger charge is 2.24. The van der Waals surface area contributed by atoms with Gasteiger partial charge in [0.1, 0.15) is 6.54 Å². The van der Waals surface area contributed by atoms with E-state index in [1.807, 2.05) is 6.92 Å². The van der Waals surface area contributed by atoms with Gasteiger partial charge in [-0.1, -0.05) is 29.3 Å². The largest absolute Gasteiger partial charge is 0.450 e. The number of aliphatic imine (C=N–C) groups is 1. The fraction of sp³-hybridized carbons (Fsp3) is 0.609. The zero-order valence-electron chi connectivity index (χ0n) is 19.9. The van der Waals surface area contributed by atoms with Gasteiger partial charge in [0.15, 0.2) is 5.96 Å². The number of likely N-dealkylation sites (N-methyl/N-ethyl adjacent to an activating group) is 1. The number of amides is 2. The third kappa shape index (κ3) is 9.62. The molecule has 0 atom stereocenters. The summed E-state index contributed by atoms with van der Waals surface area (Å²) in [7, 11) is 3.45. The van der Waals surface area contributed by atoms with Crippen LogP contribution < -0.4 is 10.6 Å². The van der Waals surface area contributed by atoms with Gasteiger partial charge < -0.3 is 25.2 Å². The van der Waals surface area contributed by atoms with Crippen LogP contribution in [0.3, 0.4) is 0 Å². The lowest BCUT2D eigenvalue weighted by molar-refractivity contribution is -0.127. The van der Waals surface area contributed by atoms with Crippen molar-refractivity contribution in [2.45, 2.75) is 46.1 Å². The Labute approximate surface area is 209 Å². The molecule has 1 aromatic carbocycles. The second-order valence-electron chi connectivity index (χ2n) is 8.23. The van der Waals surface area contributed by atoms with Crippen molar-refractivity contribution < 1.29 is 14.3 Å². The summed E-state index contributed by atoms with van der Waals surface area (Å²) in [4.78, 5) is 31.7. The predicted octanol–water partition coefficient (Wildman–Crippen LogP) is 2.71. The van der Waals surface area contributed by atoms with Crippen LogP contribution in [0.5, 0.6) is 0 Å². The van der Waals surface area contributed by atoms with E-state index in [9.17, 15) is 9.59 Å². The normalized spacial score (nSPS) is 14.4. The first-order valence-electron chi connectivity index (χ1n) is 11.0. The molecule has 2 amide bonds. The van der Waals surface area contributed by atoms with Gasteiger partial charge in [-0.15, -0.1) is 24.0 Å². The van der Waals surface area contributed by atoms with Gasteiger partial charge >= 0.3 is 6.09 Å². The number of guanidine groups is 1. The summed E-state index contributed by atoms with van der Waals surface area (Å²) >= 11 is 0. The second kappa shape index (κ2) is 14.2. The highest BCUT2D eigenvalue weighted by atomic mass is 127. The lowest BCUT2D eigenvalue weighted by atomic mass is 10.1. The number of nitrogens with zero attached hydrogens (tertiary/aromatic N) is 3. The summed E-state index contributed by atoms with van der Waals surface area (Å²) in [6, 6.07) is 6.74. The summed E-state index contributed by atoms with van der Waals surface area (Å²) in [6.07, 6.45) is 2.22. The Bertz CT molecular complexity index is 757. The molecule has 0 unspecified atom stereocenters. The van der Waals surface area contributed by atoms with E-state index in [4.69, 9.17) is 4.74 Å². The number of hydrogen-bond acceptors (Lipinski definition) is 4. The average molecular weight is 559 g/mol. The van der Waals surface area contributed by atoms with Crippen molar-refractivity contribution in [2.24, 2.45) is 4.99 Å². The van der Waals surface area contributed by atoms with E-state index in [1.165, 1.54) is 21.6 Å². The number of hydrogen-bond donors (Lipinski definition) is 2. The van der Waals surface area contributed by atoms with Crippen LogP contribution in [0.2, 0.25) is 0 Å². The number of aryl methyl sites for hydroxylation is 2. The Morgan fingerprint density at radius 2 is 1.78 bits per heavy atom. The molecular formula is C23H38IN5O3. The second-order valence-corrected chi connectivity index (χ2v) is 8.23. The lowest BCUT2D eigenvalue weighted by Crippen LogP contribution is -2.50. The molecule has 32 heavy (non-hydrogen) atoms. The maximum atomic E-state index is 12.0. The van der Waals surface area contributed by atoms with E-state index in [-0.39, 0.29) is 48.6 Å². The van der Waals surface area contributed by atoms with Gasteiger partial charge in [0.25, 0.3) is 0 Å². The third-order valence-corrected chi connectivity index (χ3v) is 5.22. The Balaban J connectivity index is 0.00000512. The molecule has 1 saturated heterocycles. The molecule has 0 aliphatic carbocycles. The first-order valence-corrected chi connectivity index (χ1v) is 11.0. The smallest absolute Gasteiger partial charge is 0.409 e. The van der Waals surface area contributed by atoms with Crippen LogP contribution in [-0.4, -0.2) is 80.7 Å². The maximum Gasteiger partial charge on any atom is 0.409 e. The van der Waals surface area contributed by atoms with E-state index in [2.05, 4.69) is 47.7 Å². The zero-order chi connectivity index (χ0) is 22.8. The van der Waals surface area contributed by atoms with Crippen LogP contribution in [0, 0.1) is 13.8 Å². The van der Waals surface area contributed by atoms with Crippen LogP contribution in [0.1, 0.15) is 36.5 Å². The van der Waals surface area contributed by atoms with Gasteiger partial charge in [0.2, 0.25) is 5.91 Å². The van der Waals surface area contributed by atoms with Crippen molar-refractivity contribution in [1.29, 1.82) is 0 Å². The van der Waals surface area contributed by atoms with Crippen LogP contribution in [0.15, 0.2) is 23.2 Å². The number of nitrogens with one attached hydrogen (secondary N) is 2. The van der Waals surface area contributed by atoms with Gasteiger partial charge in [0.05, 0.1) is 6.61 Å². The standard InChI is InChI=1S/C23H37N5O3.HI/c1-6-31-23(30)28-11-8-20(9-12-28)26-22(25-16-21(29)27(4)5)24-10-7-19-14-17(2)13-18(3)15-19;/h13-15,20H,6-12,16H2,1-5H3,(H2,24,25,26);1H. The summed E-state index contributed by atoms with van der Waals surface area (Å²) in [6.45, 7) is 8.50. The molecule has 0 bridgehead atoms. The number of carbonyl (C=O) groups excluding carboxylic acids is 2.